The maximum absolute atomic E-state index is 15.2. The van der Waals surface area contributed by atoms with Crippen molar-refractivity contribution >= 4 is 48.1 Å². The molecule has 5 atom stereocenters. The van der Waals surface area contributed by atoms with Gasteiger partial charge in [-0.3, -0.25) is 14.3 Å². The summed E-state index contributed by atoms with van der Waals surface area (Å²) in [6, 6.07) is 21.5. The van der Waals surface area contributed by atoms with Crippen LogP contribution >= 0.6 is 11.6 Å². The zero-order valence-electron chi connectivity index (χ0n) is 30.1. The lowest BCUT2D eigenvalue weighted by molar-refractivity contribution is -0.146. The summed E-state index contributed by atoms with van der Waals surface area (Å²) in [5.74, 6) is 0.447. The number of carbonyl (C=O) groups excluding carboxylic acids is 2. The van der Waals surface area contributed by atoms with Crippen LogP contribution in [0.2, 0.25) is 23.7 Å². The van der Waals surface area contributed by atoms with Crippen molar-refractivity contribution < 1.29 is 24.2 Å². The van der Waals surface area contributed by atoms with Crippen LogP contribution in [0.3, 0.4) is 0 Å². The number of methoxy groups -OCH3 is 1. The molecule has 0 unspecified atom stereocenters. The lowest BCUT2D eigenvalue weighted by Gasteiger charge is -2.37. The molecule has 274 valence electrons. The third kappa shape index (κ3) is 6.67. The molecular weight excluding hydrogens is 696 g/mol. The molecule has 3 N–H and O–H groups in total. The second-order valence-corrected chi connectivity index (χ2v) is 19.9. The maximum Gasteiger partial charge on any atom is 0.264 e. The van der Waals surface area contributed by atoms with Gasteiger partial charge in [-0.2, -0.15) is 0 Å². The summed E-state index contributed by atoms with van der Waals surface area (Å²) in [5, 5.41) is 26.0. The Morgan fingerprint density at radius 3 is 2.71 bits per heavy atom. The Balaban J connectivity index is 1.23. The predicted octanol–water partition coefficient (Wildman–Crippen LogP) is 5.02. The summed E-state index contributed by atoms with van der Waals surface area (Å²) in [7, 11) is -0.683. The first-order valence-corrected chi connectivity index (χ1v) is 21.6. The number of hydrogen-bond acceptors (Lipinski definition) is 8. The molecule has 3 aromatic carbocycles. The van der Waals surface area contributed by atoms with Gasteiger partial charge in [-0.15, -0.1) is 5.10 Å². The van der Waals surface area contributed by atoms with E-state index in [1.54, 1.807) is 11.8 Å². The summed E-state index contributed by atoms with van der Waals surface area (Å²) in [6.45, 7) is 8.58. The first kappa shape index (κ1) is 36.3. The lowest BCUT2D eigenvalue weighted by Crippen LogP contribution is -2.51. The molecule has 0 saturated carbocycles. The van der Waals surface area contributed by atoms with Gasteiger partial charge in [0, 0.05) is 48.0 Å². The molecule has 4 aromatic rings. The number of aryl methyl sites for hydroxylation is 1. The van der Waals surface area contributed by atoms with Crippen LogP contribution in [0.5, 0.6) is 5.75 Å². The number of anilines is 2. The molecule has 52 heavy (non-hydrogen) atoms. The highest BCUT2D eigenvalue weighted by molar-refractivity contribution is 6.91. The minimum absolute atomic E-state index is 0.00560. The van der Waals surface area contributed by atoms with E-state index in [0.717, 1.165) is 47.6 Å². The van der Waals surface area contributed by atoms with Gasteiger partial charge in [0.05, 0.1) is 45.3 Å². The number of fused-ring (bicyclic) bond motifs is 2. The van der Waals surface area contributed by atoms with Gasteiger partial charge in [0.25, 0.3) is 5.91 Å². The number of aromatic nitrogens is 3. The van der Waals surface area contributed by atoms with Crippen molar-refractivity contribution in [2.24, 2.45) is 5.92 Å². The van der Waals surface area contributed by atoms with Crippen molar-refractivity contribution in [1.82, 2.24) is 20.3 Å². The maximum atomic E-state index is 15.2. The van der Waals surface area contributed by atoms with Gasteiger partial charge in [-0.05, 0) is 79.4 Å². The van der Waals surface area contributed by atoms with Crippen LogP contribution in [-0.2, 0) is 39.4 Å². The van der Waals surface area contributed by atoms with Crippen LogP contribution in [0.15, 0.2) is 72.9 Å². The van der Waals surface area contributed by atoms with E-state index in [2.05, 4.69) is 53.1 Å². The van der Waals surface area contributed by atoms with E-state index in [9.17, 15) is 9.90 Å². The summed E-state index contributed by atoms with van der Waals surface area (Å²) >= 11 is 6.70. The van der Waals surface area contributed by atoms with E-state index in [1.165, 1.54) is 5.19 Å². The molecule has 3 aliphatic heterocycles. The van der Waals surface area contributed by atoms with Crippen LogP contribution < -0.4 is 25.5 Å². The van der Waals surface area contributed by atoms with Crippen LogP contribution in [0.1, 0.15) is 43.0 Å². The Labute approximate surface area is 310 Å². The van der Waals surface area contributed by atoms with E-state index in [1.807, 2.05) is 65.7 Å². The number of nitrogens with one attached hydrogen (secondary N) is 2. The first-order chi connectivity index (χ1) is 25.0. The number of ether oxygens (including phenoxy) is 2. The SMILES string of the molecule is COc1ccc([Si](C)(C)[C@H]2[C@H](CCn3cc(CCO)nn3)O[C@@]3(C(=O)N(Cc4cccc(NC(=O)[C@H]5CCCN5)c4)c4ccc(Cl)cc43)[C@@H]2C)cc1. The third-order valence-corrected chi connectivity index (χ3v) is 15.9. The van der Waals surface area contributed by atoms with Crippen molar-refractivity contribution in [2.75, 3.05) is 30.5 Å². The van der Waals surface area contributed by atoms with Crippen LogP contribution in [0.25, 0.3) is 0 Å². The summed E-state index contributed by atoms with van der Waals surface area (Å²) in [6.07, 6.45) is 4.44. The Kier molecular flexibility index (Phi) is 10.3. The molecule has 0 radical (unpaired) electrons. The van der Waals surface area contributed by atoms with Gasteiger partial charge in [-0.1, -0.05) is 66.3 Å². The summed E-state index contributed by atoms with van der Waals surface area (Å²) < 4.78 is 14.5. The molecule has 4 heterocycles. The second kappa shape index (κ2) is 14.7. The average Bonchev–Trinajstić information content (AvgIpc) is 3.93. The Morgan fingerprint density at radius 2 is 1.98 bits per heavy atom. The topological polar surface area (TPSA) is 131 Å². The van der Waals surface area contributed by atoms with E-state index in [0.29, 0.717) is 36.6 Å². The van der Waals surface area contributed by atoms with Gasteiger partial charge in [0.1, 0.15) is 5.75 Å². The quantitative estimate of drug-likeness (QED) is 0.173. The van der Waals surface area contributed by atoms with Crippen molar-refractivity contribution in [1.29, 1.82) is 0 Å². The van der Waals surface area contributed by atoms with Gasteiger partial charge >= 0.3 is 0 Å². The smallest absolute Gasteiger partial charge is 0.264 e. The zero-order chi connectivity index (χ0) is 36.6. The number of aliphatic hydroxyl groups is 1. The van der Waals surface area contributed by atoms with E-state index < -0.39 is 13.7 Å². The number of hydrogen-bond donors (Lipinski definition) is 3. The fourth-order valence-electron chi connectivity index (χ4n) is 8.72. The summed E-state index contributed by atoms with van der Waals surface area (Å²) in [4.78, 5) is 29.9. The van der Waals surface area contributed by atoms with Crippen molar-refractivity contribution in [3.8, 4) is 5.75 Å². The Hall–Kier alpha value is -4.07. The zero-order valence-corrected chi connectivity index (χ0v) is 31.9. The number of halogens is 1. The molecule has 2 saturated heterocycles. The second-order valence-electron chi connectivity index (χ2n) is 14.8. The number of aliphatic hydroxyl groups excluding tert-OH is 1. The van der Waals surface area contributed by atoms with Gasteiger partial charge in [-0.25, -0.2) is 0 Å². The van der Waals surface area contributed by atoms with Gasteiger partial charge < -0.3 is 30.1 Å². The Bertz CT molecular complexity index is 1930. The lowest BCUT2D eigenvalue weighted by atomic mass is 9.82. The number of benzene rings is 3. The van der Waals surface area contributed by atoms with E-state index >= 15 is 4.79 Å². The minimum atomic E-state index is -2.35. The third-order valence-electron chi connectivity index (χ3n) is 11.3. The normalized spacial score (nSPS) is 24.1. The van der Waals surface area contributed by atoms with Crippen molar-refractivity contribution in [3.05, 3.63) is 94.8 Å². The number of amides is 2. The van der Waals surface area contributed by atoms with Crippen molar-refractivity contribution in [2.45, 2.75) is 82.1 Å². The van der Waals surface area contributed by atoms with Gasteiger partial charge in [0.2, 0.25) is 5.91 Å². The molecule has 3 aliphatic rings. The van der Waals surface area contributed by atoms with E-state index in [4.69, 9.17) is 21.1 Å². The fourth-order valence-corrected chi connectivity index (χ4v) is 12.9. The first-order valence-electron chi connectivity index (χ1n) is 18.1. The van der Waals surface area contributed by atoms with Crippen molar-refractivity contribution in [3.63, 3.8) is 0 Å². The molecule has 0 aliphatic carbocycles. The molecule has 1 spiro atoms. The number of rotatable bonds is 12. The predicted molar refractivity (Wildman–Crippen MR) is 204 cm³/mol. The monoisotopic (exact) mass is 742 g/mol. The number of nitrogens with zero attached hydrogens (tertiary/aromatic N) is 4. The molecular formula is C39H47ClN6O5Si. The summed E-state index contributed by atoms with van der Waals surface area (Å²) in [5.41, 5.74) is 2.66. The highest BCUT2D eigenvalue weighted by Gasteiger charge is 2.66. The van der Waals surface area contributed by atoms with Crippen LogP contribution in [0, 0.1) is 5.92 Å². The molecule has 7 rings (SSSR count). The molecule has 1 aromatic heterocycles. The number of carbonyl (C=O) groups is 2. The fraction of sp³-hybridized carbons (Fsp3) is 0.436. The van der Waals surface area contributed by atoms with Gasteiger partial charge in [0.15, 0.2) is 5.60 Å². The van der Waals surface area contributed by atoms with E-state index in [-0.39, 0.29) is 42.0 Å². The average molecular weight is 743 g/mol. The standard InChI is InChI=1S/C39H47ClN6O5Si/c1-25-36(52(3,4)31-13-11-30(50-2)12-14-31)35(16-19-45-24-29(17-20-47)43-44-45)51-39(25)32-22-27(40)10-15-34(32)46(38(39)49)23-26-7-5-8-28(21-26)42-37(48)33-9-6-18-41-33/h5,7-8,10-15,21-22,24-25,33,35-36,41,47H,6,9,16-20,23H2,1-4H3,(H,42,48)/t25-,33-,35+,36-,39+/m1/s1. The minimum Gasteiger partial charge on any atom is -0.497 e. The van der Waals surface area contributed by atoms with Crippen LogP contribution in [-0.4, -0.2) is 72.4 Å². The molecule has 11 nitrogen and oxygen atoms in total. The molecule has 13 heteroatoms. The Morgan fingerprint density at radius 1 is 1.17 bits per heavy atom. The highest BCUT2D eigenvalue weighted by Crippen LogP contribution is 2.60. The largest absolute Gasteiger partial charge is 0.497 e. The highest BCUT2D eigenvalue weighted by atomic mass is 35.5. The molecule has 2 amide bonds. The van der Waals surface area contributed by atoms with Crippen LogP contribution in [0.4, 0.5) is 11.4 Å². The molecule has 2 fully saturated rings. The molecule has 0 bridgehead atoms.